The van der Waals surface area contributed by atoms with Gasteiger partial charge in [0.1, 0.15) is 5.75 Å². The highest BCUT2D eigenvalue weighted by molar-refractivity contribution is 7.92. The first-order valence-corrected chi connectivity index (χ1v) is 9.38. The number of imide groups is 1. The van der Waals surface area contributed by atoms with Gasteiger partial charge in [0.2, 0.25) is 11.8 Å². The number of hydrogen-bond donors (Lipinski definition) is 0. The van der Waals surface area contributed by atoms with Crippen LogP contribution in [0.1, 0.15) is 12.8 Å². The number of carbonyl (C=O) groups is 2. The van der Waals surface area contributed by atoms with Gasteiger partial charge in [-0.1, -0.05) is 18.2 Å². The van der Waals surface area contributed by atoms with Crippen LogP contribution in [-0.2, 0) is 19.6 Å². The quantitative estimate of drug-likeness (QED) is 0.749. The van der Waals surface area contributed by atoms with E-state index in [9.17, 15) is 18.0 Å². The number of anilines is 2. The molecule has 0 N–H and O–H groups in total. The van der Waals surface area contributed by atoms with Gasteiger partial charge in [0.15, 0.2) is 0 Å². The number of benzene rings is 2. The Bertz CT molecular complexity index is 941. The summed E-state index contributed by atoms with van der Waals surface area (Å²) in [7, 11) is -1.03. The molecule has 3 rings (SSSR count). The summed E-state index contributed by atoms with van der Waals surface area (Å²) >= 11 is 0. The molecule has 0 spiro atoms. The van der Waals surface area contributed by atoms with Crippen molar-refractivity contribution >= 4 is 33.2 Å². The topological polar surface area (TPSA) is 84.0 Å². The molecule has 1 saturated heterocycles. The Labute approximate surface area is 151 Å². The summed E-state index contributed by atoms with van der Waals surface area (Å²) in [5.41, 5.74) is 0.640. The van der Waals surface area contributed by atoms with Crippen molar-refractivity contribution in [3.05, 3.63) is 48.5 Å². The van der Waals surface area contributed by atoms with Gasteiger partial charge in [-0.05, 0) is 30.3 Å². The van der Waals surface area contributed by atoms with E-state index < -0.39 is 10.0 Å². The number of sulfonamides is 1. The largest absolute Gasteiger partial charge is 0.495 e. The zero-order chi connectivity index (χ0) is 18.9. The van der Waals surface area contributed by atoms with Crippen molar-refractivity contribution in [3.63, 3.8) is 0 Å². The van der Waals surface area contributed by atoms with E-state index in [2.05, 4.69) is 0 Å². The fourth-order valence-corrected chi connectivity index (χ4v) is 4.00. The summed E-state index contributed by atoms with van der Waals surface area (Å²) in [6.45, 7) is 0. The van der Waals surface area contributed by atoms with Gasteiger partial charge in [0.25, 0.3) is 10.0 Å². The molecule has 2 amide bonds. The standard InChI is InChI=1S/C18H18N2O5S/c1-19(13-6-4-3-5-7-13)26(23,24)14-8-9-16(25-2)15(12-14)20-17(21)10-11-18(20)22/h3-9,12H,10-11H2,1-2H3. The van der Waals surface area contributed by atoms with Gasteiger partial charge in [-0.15, -0.1) is 0 Å². The first-order valence-electron chi connectivity index (χ1n) is 7.94. The first-order chi connectivity index (χ1) is 12.4. The fourth-order valence-electron chi connectivity index (χ4n) is 2.79. The van der Waals surface area contributed by atoms with E-state index in [1.54, 1.807) is 30.3 Å². The van der Waals surface area contributed by atoms with Crippen LogP contribution in [0.25, 0.3) is 0 Å². The van der Waals surface area contributed by atoms with Crippen LogP contribution in [0.2, 0.25) is 0 Å². The number of carbonyl (C=O) groups excluding carboxylic acids is 2. The number of nitrogens with zero attached hydrogens (tertiary/aromatic N) is 2. The molecule has 0 bridgehead atoms. The molecular weight excluding hydrogens is 356 g/mol. The van der Waals surface area contributed by atoms with Crippen LogP contribution in [0.3, 0.4) is 0 Å². The Morgan fingerprint density at radius 3 is 2.19 bits per heavy atom. The second-order valence-electron chi connectivity index (χ2n) is 5.76. The maximum absolute atomic E-state index is 13.0. The highest BCUT2D eigenvalue weighted by atomic mass is 32.2. The van der Waals surface area contributed by atoms with Crippen LogP contribution in [0, 0.1) is 0 Å². The first kappa shape index (κ1) is 17.9. The van der Waals surface area contributed by atoms with Crippen LogP contribution >= 0.6 is 0 Å². The van der Waals surface area contributed by atoms with Crippen molar-refractivity contribution in [1.82, 2.24) is 0 Å². The third-order valence-electron chi connectivity index (χ3n) is 4.22. The van der Waals surface area contributed by atoms with Crippen LogP contribution in [-0.4, -0.2) is 34.4 Å². The minimum absolute atomic E-state index is 0.0350. The molecule has 0 radical (unpaired) electrons. The van der Waals surface area contributed by atoms with Crippen molar-refractivity contribution < 1.29 is 22.7 Å². The van der Waals surface area contributed by atoms with Gasteiger partial charge >= 0.3 is 0 Å². The molecule has 8 heteroatoms. The molecule has 7 nitrogen and oxygen atoms in total. The molecule has 0 aliphatic carbocycles. The minimum Gasteiger partial charge on any atom is -0.495 e. The average molecular weight is 374 g/mol. The number of amides is 2. The van der Waals surface area contributed by atoms with E-state index >= 15 is 0 Å². The molecule has 0 unspecified atom stereocenters. The maximum atomic E-state index is 13.0. The monoisotopic (exact) mass is 374 g/mol. The molecular formula is C18H18N2O5S. The summed E-state index contributed by atoms with van der Waals surface area (Å²) in [5, 5.41) is 0. The molecule has 2 aromatic rings. The highest BCUT2D eigenvalue weighted by Gasteiger charge is 2.33. The number of para-hydroxylation sites is 1. The van der Waals surface area contributed by atoms with Gasteiger partial charge in [-0.3, -0.25) is 13.9 Å². The number of ether oxygens (including phenoxy) is 1. The SMILES string of the molecule is COc1ccc(S(=O)(=O)N(C)c2ccccc2)cc1N1C(=O)CCC1=O. The summed E-state index contributed by atoms with van der Waals surface area (Å²) < 4.78 is 32.3. The predicted octanol–water partition coefficient (Wildman–Crippen LogP) is 2.17. The Morgan fingerprint density at radius 1 is 1.00 bits per heavy atom. The highest BCUT2D eigenvalue weighted by Crippen LogP contribution is 2.35. The molecule has 136 valence electrons. The lowest BCUT2D eigenvalue weighted by Crippen LogP contribution is -2.30. The van der Waals surface area contributed by atoms with Gasteiger partial charge < -0.3 is 4.74 Å². The summed E-state index contributed by atoms with van der Waals surface area (Å²) in [6.07, 6.45) is 0.200. The van der Waals surface area contributed by atoms with Gasteiger partial charge in [0.05, 0.1) is 23.4 Å². The van der Waals surface area contributed by atoms with Crippen molar-refractivity contribution in [2.75, 3.05) is 23.4 Å². The molecule has 1 aliphatic heterocycles. The zero-order valence-electron chi connectivity index (χ0n) is 14.4. The lowest BCUT2D eigenvalue weighted by atomic mass is 10.2. The van der Waals surface area contributed by atoms with Crippen molar-refractivity contribution in [2.24, 2.45) is 0 Å². The summed E-state index contributed by atoms with van der Waals surface area (Å²) in [6, 6.07) is 12.8. The smallest absolute Gasteiger partial charge is 0.264 e. The van der Waals surface area contributed by atoms with Crippen molar-refractivity contribution in [3.8, 4) is 5.75 Å². The normalized spacial score (nSPS) is 14.6. The minimum atomic E-state index is -3.88. The molecule has 0 saturated carbocycles. The van der Waals surface area contributed by atoms with Gasteiger partial charge in [-0.2, -0.15) is 0 Å². The maximum Gasteiger partial charge on any atom is 0.264 e. The Morgan fingerprint density at radius 2 is 1.62 bits per heavy atom. The van der Waals surface area contributed by atoms with Crippen molar-refractivity contribution in [1.29, 1.82) is 0 Å². The molecule has 26 heavy (non-hydrogen) atoms. The summed E-state index contributed by atoms with van der Waals surface area (Å²) in [5.74, 6) is -0.492. The van der Waals surface area contributed by atoms with Crippen molar-refractivity contribution in [2.45, 2.75) is 17.7 Å². The Kier molecular flexibility index (Phi) is 4.69. The Hall–Kier alpha value is -2.87. The van der Waals surface area contributed by atoms with Crippen LogP contribution in [0.5, 0.6) is 5.75 Å². The number of methoxy groups -OCH3 is 1. The second kappa shape index (κ2) is 6.80. The van der Waals surface area contributed by atoms with Crippen LogP contribution < -0.4 is 13.9 Å². The van der Waals surface area contributed by atoms with E-state index in [1.165, 1.54) is 32.4 Å². The average Bonchev–Trinajstić information content (AvgIpc) is 2.99. The lowest BCUT2D eigenvalue weighted by Gasteiger charge is -2.22. The van der Waals surface area contributed by atoms with E-state index in [1.807, 2.05) is 0 Å². The molecule has 0 aromatic heterocycles. The van der Waals surface area contributed by atoms with E-state index in [0.29, 0.717) is 5.69 Å². The van der Waals surface area contributed by atoms with E-state index in [0.717, 1.165) is 9.21 Å². The van der Waals surface area contributed by atoms with Crippen LogP contribution in [0.15, 0.2) is 53.4 Å². The fraction of sp³-hybridized carbons (Fsp3) is 0.222. The predicted molar refractivity (Wildman–Crippen MR) is 96.8 cm³/mol. The van der Waals surface area contributed by atoms with Gasteiger partial charge in [-0.25, -0.2) is 13.3 Å². The van der Waals surface area contributed by atoms with E-state index in [4.69, 9.17) is 4.74 Å². The second-order valence-corrected chi connectivity index (χ2v) is 7.73. The van der Waals surface area contributed by atoms with Gasteiger partial charge in [0, 0.05) is 19.9 Å². The number of rotatable bonds is 5. The molecule has 1 heterocycles. The zero-order valence-corrected chi connectivity index (χ0v) is 15.2. The molecule has 1 fully saturated rings. The van der Waals surface area contributed by atoms with E-state index in [-0.39, 0.29) is 41.0 Å². The number of hydrogen-bond acceptors (Lipinski definition) is 5. The molecule has 2 aromatic carbocycles. The van der Waals surface area contributed by atoms with Crippen LogP contribution in [0.4, 0.5) is 11.4 Å². The third kappa shape index (κ3) is 3.03. The lowest BCUT2D eigenvalue weighted by molar-refractivity contribution is -0.121. The summed E-state index contributed by atoms with van der Waals surface area (Å²) in [4.78, 5) is 25.1. The molecule has 1 aliphatic rings. The Balaban J connectivity index is 2.07. The molecule has 0 atom stereocenters. The third-order valence-corrected chi connectivity index (χ3v) is 6.00.